The summed E-state index contributed by atoms with van der Waals surface area (Å²) >= 11 is 0. The number of likely N-dealkylation sites (N-methyl/N-ethyl adjacent to an activating group) is 1. The molecule has 0 aromatic heterocycles. The summed E-state index contributed by atoms with van der Waals surface area (Å²) in [7, 11) is 4.03. The van der Waals surface area contributed by atoms with Crippen LogP contribution in [0.3, 0.4) is 0 Å². The number of amides is 2. The third kappa shape index (κ3) is 5.42. The van der Waals surface area contributed by atoms with Crippen LogP contribution < -0.4 is 0 Å². The molecule has 5 heteroatoms. The summed E-state index contributed by atoms with van der Waals surface area (Å²) in [5.41, 5.74) is 2.81. The number of hydrogen-bond acceptors (Lipinski definition) is 3. The maximum atomic E-state index is 13.2. The molecule has 1 aliphatic heterocycles. The molecule has 2 amide bonds. The van der Waals surface area contributed by atoms with Crippen molar-refractivity contribution >= 4 is 11.8 Å². The van der Waals surface area contributed by atoms with Crippen molar-refractivity contribution < 1.29 is 9.59 Å². The maximum Gasteiger partial charge on any atom is 0.254 e. The summed E-state index contributed by atoms with van der Waals surface area (Å²) < 4.78 is 0. The normalized spacial score (nSPS) is 14.0. The Morgan fingerprint density at radius 1 is 1.00 bits per heavy atom. The van der Waals surface area contributed by atoms with E-state index in [1.807, 2.05) is 78.5 Å². The van der Waals surface area contributed by atoms with Gasteiger partial charge in [0.15, 0.2) is 0 Å². The van der Waals surface area contributed by atoms with Gasteiger partial charge in [0, 0.05) is 44.7 Å². The SMILES string of the molecule is CN(C)CCN(Cc1ccccc1)C(=O)c1cccc(CN2CCCC2=O)c1. The fourth-order valence-electron chi connectivity index (χ4n) is 3.45. The lowest BCUT2D eigenvalue weighted by atomic mass is 10.1. The van der Waals surface area contributed by atoms with Gasteiger partial charge in [-0.3, -0.25) is 9.59 Å². The van der Waals surface area contributed by atoms with Crippen LogP contribution in [0.25, 0.3) is 0 Å². The first kappa shape index (κ1) is 20.1. The Morgan fingerprint density at radius 3 is 2.43 bits per heavy atom. The van der Waals surface area contributed by atoms with Crippen LogP contribution in [0.4, 0.5) is 0 Å². The quantitative estimate of drug-likeness (QED) is 0.708. The van der Waals surface area contributed by atoms with E-state index < -0.39 is 0 Å². The molecule has 0 unspecified atom stereocenters. The van der Waals surface area contributed by atoms with Crippen molar-refractivity contribution in [3.05, 3.63) is 71.3 Å². The zero-order chi connectivity index (χ0) is 19.9. The molecular formula is C23H29N3O2. The van der Waals surface area contributed by atoms with Gasteiger partial charge in [-0.25, -0.2) is 0 Å². The fraction of sp³-hybridized carbons (Fsp3) is 0.391. The molecule has 1 heterocycles. The van der Waals surface area contributed by atoms with Gasteiger partial charge in [-0.15, -0.1) is 0 Å². The predicted molar refractivity (Wildman–Crippen MR) is 111 cm³/mol. The average Bonchev–Trinajstić information content (AvgIpc) is 3.10. The van der Waals surface area contributed by atoms with Gasteiger partial charge in [-0.05, 0) is 43.8 Å². The van der Waals surface area contributed by atoms with Gasteiger partial charge in [-0.2, -0.15) is 0 Å². The molecule has 148 valence electrons. The Labute approximate surface area is 167 Å². The standard InChI is InChI=1S/C23H29N3O2/c1-24(2)14-15-26(17-19-8-4-3-5-9-19)23(28)21-11-6-10-20(16-21)18-25-13-7-12-22(25)27/h3-6,8-11,16H,7,12-15,17-18H2,1-2H3. The summed E-state index contributed by atoms with van der Waals surface area (Å²) in [4.78, 5) is 31.0. The molecule has 1 saturated heterocycles. The van der Waals surface area contributed by atoms with E-state index in [-0.39, 0.29) is 11.8 Å². The minimum absolute atomic E-state index is 0.0281. The molecule has 0 radical (unpaired) electrons. The lowest BCUT2D eigenvalue weighted by molar-refractivity contribution is -0.128. The maximum absolute atomic E-state index is 13.2. The third-order valence-electron chi connectivity index (χ3n) is 5.04. The Kier molecular flexibility index (Phi) is 6.82. The van der Waals surface area contributed by atoms with Crippen molar-refractivity contribution in [1.29, 1.82) is 0 Å². The van der Waals surface area contributed by atoms with Gasteiger partial charge in [0.1, 0.15) is 0 Å². The summed E-state index contributed by atoms with van der Waals surface area (Å²) in [6, 6.07) is 17.8. The number of likely N-dealkylation sites (tertiary alicyclic amines) is 1. The van der Waals surface area contributed by atoms with Crippen LogP contribution in [-0.4, -0.2) is 60.2 Å². The number of benzene rings is 2. The predicted octanol–water partition coefficient (Wildman–Crippen LogP) is 3.01. The highest BCUT2D eigenvalue weighted by Gasteiger charge is 2.21. The number of nitrogens with zero attached hydrogens (tertiary/aromatic N) is 3. The summed E-state index contributed by atoms with van der Waals surface area (Å²) in [5, 5.41) is 0. The number of carbonyl (C=O) groups is 2. The van der Waals surface area contributed by atoms with Crippen LogP contribution in [0.2, 0.25) is 0 Å². The van der Waals surface area contributed by atoms with E-state index in [1.165, 1.54) is 0 Å². The first-order valence-electron chi connectivity index (χ1n) is 9.87. The second kappa shape index (κ2) is 9.51. The molecule has 2 aromatic carbocycles. The Morgan fingerprint density at radius 2 is 1.75 bits per heavy atom. The van der Waals surface area contributed by atoms with Crippen molar-refractivity contribution in [3.8, 4) is 0 Å². The molecule has 0 saturated carbocycles. The van der Waals surface area contributed by atoms with E-state index in [4.69, 9.17) is 0 Å². The second-order valence-corrected chi connectivity index (χ2v) is 7.63. The fourth-order valence-corrected chi connectivity index (χ4v) is 3.45. The van der Waals surface area contributed by atoms with Gasteiger partial charge in [-0.1, -0.05) is 42.5 Å². The average molecular weight is 380 g/mol. The molecular weight excluding hydrogens is 350 g/mol. The molecule has 0 aliphatic carbocycles. The second-order valence-electron chi connectivity index (χ2n) is 7.63. The highest BCUT2D eigenvalue weighted by molar-refractivity contribution is 5.94. The van der Waals surface area contributed by atoms with Crippen LogP contribution >= 0.6 is 0 Å². The lowest BCUT2D eigenvalue weighted by Gasteiger charge is -2.25. The Hall–Kier alpha value is -2.66. The summed E-state index contributed by atoms with van der Waals surface area (Å²) in [6.07, 6.45) is 1.56. The van der Waals surface area contributed by atoms with Crippen LogP contribution in [0.15, 0.2) is 54.6 Å². The lowest BCUT2D eigenvalue weighted by Crippen LogP contribution is -2.36. The van der Waals surface area contributed by atoms with Crippen molar-refractivity contribution in [2.75, 3.05) is 33.7 Å². The van der Waals surface area contributed by atoms with Crippen molar-refractivity contribution in [2.45, 2.75) is 25.9 Å². The summed E-state index contributed by atoms with van der Waals surface area (Å²) in [5.74, 6) is 0.230. The molecule has 28 heavy (non-hydrogen) atoms. The Bertz CT molecular complexity index is 805. The van der Waals surface area contributed by atoms with E-state index in [2.05, 4.69) is 4.90 Å². The van der Waals surface area contributed by atoms with Crippen molar-refractivity contribution in [3.63, 3.8) is 0 Å². The van der Waals surface area contributed by atoms with Gasteiger partial charge in [0.25, 0.3) is 5.91 Å². The van der Waals surface area contributed by atoms with Crippen molar-refractivity contribution in [2.24, 2.45) is 0 Å². The van der Waals surface area contributed by atoms with Gasteiger partial charge in [0.05, 0.1) is 0 Å². The monoisotopic (exact) mass is 379 g/mol. The van der Waals surface area contributed by atoms with Crippen LogP contribution in [0.5, 0.6) is 0 Å². The van der Waals surface area contributed by atoms with E-state index in [0.717, 1.165) is 30.6 Å². The van der Waals surface area contributed by atoms with Gasteiger partial charge < -0.3 is 14.7 Å². The third-order valence-corrected chi connectivity index (χ3v) is 5.04. The zero-order valence-corrected chi connectivity index (χ0v) is 16.8. The molecule has 2 aromatic rings. The number of rotatable bonds is 8. The zero-order valence-electron chi connectivity index (χ0n) is 16.8. The summed E-state index contributed by atoms with van der Waals surface area (Å²) in [6.45, 7) is 3.44. The molecule has 1 fully saturated rings. The molecule has 5 nitrogen and oxygen atoms in total. The van der Waals surface area contributed by atoms with E-state index in [1.54, 1.807) is 0 Å². The molecule has 0 bridgehead atoms. The first-order chi connectivity index (χ1) is 13.5. The van der Waals surface area contributed by atoms with E-state index in [0.29, 0.717) is 31.6 Å². The minimum atomic E-state index is 0.0281. The smallest absolute Gasteiger partial charge is 0.254 e. The van der Waals surface area contributed by atoms with Crippen LogP contribution in [0.1, 0.15) is 34.3 Å². The van der Waals surface area contributed by atoms with E-state index >= 15 is 0 Å². The molecule has 0 spiro atoms. The van der Waals surface area contributed by atoms with Gasteiger partial charge >= 0.3 is 0 Å². The van der Waals surface area contributed by atoms with Crippen LogP contribution in [0, 0.1) is 0 Å². The molecule has 3 rings (SSSR count). The largest absolute Gasteiger partial charge is 0.338 e. The molecule has 0 N–H and O–H groups in total. The highest BCUT2D eigenvalue weighted by Crippen LogP contribution is 2.17. The minimum Gasteiger partial charge on any atom is -0.338 e. The molecule has 0 atom stereocenters. The Balaban J connectivity index is 1.75. The molecule has 1 aliphatic rings. The van der Waals surface area contributed by atoms with Crippen LogP contribution in [-0.2, 0) is 17.9 Å². The number of carbonyl (C=O) groups excluding carboxylic acids is 2. The highest BCUT2D eigenvalue weighted by atomic mass is 16.2. The van der Waals surface area contributed by atoms with Gasteiger partial charge in [0.2, 0.25) is 5.91 Å². The first-order valence-corrected chi connectivity index (χ1v) is 9.87. The topological polar surface area (TPSA) is 43.9 Å². The van der Waals surface area contributed by atoms with E-state index in [9.17, 15) is 9.59 Å². The van der Waals surface area contributed by atoms with Crippen molar-refractivity contribution in [1.82, 2.24) is 14.7 Å². The number of hydrogen-bond donors (Lipinski definition) is 0.